The van der Waals surface area contributed by atoms with Crippen LogP contribution < -0.4 is 15.4 Å². The van der Waals surface area contributed by atoms with E-state index in [1.54, 1.807) is 0 Å². The average Bonchev–Trinajstić information content (AvgIpc) is 4.11. The lowest BCUT2D eigenvalue weighted by atomic mass is 9.85. The van der Waals surface area contributed by atoms with Crippen molar-refractivity contribution in [2.24, 2.45) is 11.8 Å². The van der Waals surface area contributed by atoms with Crippen LogP contribution >= 0.6 is 0 Å². The zero-order chi connectivity index (χ0) is 45.8. The van der Waals surface area contributed by atoms with Gasteiger partial charge in [-0.15, -0.1) is 0 Å². The number of nitrogens with one attached hydrogen (secondary N) is 4. The Kier molecular flexibility index (Phi) is 12.0. The van der Waals surface area contributed by atoms with Gasteiger partial charge in [-0.2, -0.15) is 0 Å². The molecule has 344 valence electrons. The van der Waals surface area contributed by atoms with Crippen molar-refractivity contribution in [3.8, 4) is 28.1 Å². The predicted molar refractivity (Wildman–Crippen MR) is 244 cm³/mol. The van der Waals surface area contributed by atoms with Crippen molar-refractivity contribution in [3.05, 3.63) is 65.9 Å². The molecule has 8 atom stereocenters. The molecule has 16 heteroatoms. The normalized spacial score (nSPS) is 24.9. The molecular formula is C49H60N8O8. The number of hydrogen-bond donors (Lipinski definition) is 4. The van der Waals surface area contributed by atoms with Gasteiger partial charge < -0.3 is 49.3 Å². The van der Waals surface area contributed by atoms with Crippen LogP contribution in [0.15, 0.2) is 48.7 Å². The number of rotatable bonds is 9. The zero-order valence-corrected chi connectivity index (χ0v) is 38.4. The molecule has 0 radical (unpaired) electrons. The van der Waals surface area contributed by atoms with Gasteiger partial charge in [0.05, 0.1) is 61.4 Å². The molecule has 3 fully saturated rings. The number of aromatic amines is 2. The predicted octanol–water partition coefficient (Wildman–Crippen LogP) is 8.08. The van der Waals surface area contributed by atoms with Crippen LogP contribution in [0.4, 0.5) is 9.59 Å². The highest BCUT2D eigenvalue weighted by Gasteiger charge is 2.45. The van der Waals surface area contributed by atoms with Crippen LogP contribution in [0.25, 0.3) is 44.2 Å². The molecule has 5 aromatic rings. The summed E-state index contributed by atoms with van der Waals surface area (Å²) in [6.45, 7) is 12.3. The molecule has 65 heavy (non-hydrogen) atoms. The molecule has 16 nitrogen and oxygen atoms in total. The molecule has 4 amide bonds. The number of fused-ring (bicyclic) bond motifs is 6. The first-order valence-corrected chi connectivity index (χ1v) is 23.0. The summed E-state index contributed by atoms with van der Waals surface area (Å²) in [4.78, 5) is 74.0. The quantitative estimate of drug-likeness (QED) is 0.112. The molecule has 0 bridgehead atoms. The first kappa shape index (κ1) is 44.1. The van der Waals surface area contributed by atoms with Crippen molar-refractivity contribution in [3.63, 3.8) is 0 Å². The Morgan fingerprint density at radius 3 is 2.15 bits per heavy atom. The van der Waals surface area contributed by atoms with E-state index < -0.39 is 24.3 Å². The fraction of sp³-hybridized carbons (Fsp3) is 0.510. The molecular weight excluding hydrogens is 829 g/mol. The smallest absolute Gasteiger partial charge is 0.407 e. The first-order valence-electron chi connectivity index (χ1n) is 23.0. The van der Waals surface area contributed by atoms with Gasteiger partial charge in [0.25, 0.3) is 0 Å². The van der Waals surface area contributed by atoms with Crippen molar-refractivity contribution in [1.29, 1.82) is 0 Å². The highest BCUT2D eigenvalue weighted by molar-refractivity contribution is 6.07. The van der Waals surface area contributed by atoms with E-state index in [-0.39, 0.29) is 60.0 Å². The molecule has 4 N–H and O–H groups in total. The summed E-state index contributed by atoms with van der Waals surface area (Å²) < 4.78 is 22.3. The van der Waals surface area contributed by atoms with Crippen molar-refractivity contribution in [2.75, 3.05) is 14.2 Å². The number of amides is 4. The Balaban J connectivity index is 0.965. The lowest BCUT2D eigenvalue weighted by Gasteiger charge is -2.39. The van der Waals surface area contributed by atoms with E-state index in [9.17, 15) is 19.2 Å². The highest BCUT2D eigenvalue weighted by Crippen LogP contribution is 2.44. The summed E-state index contributed by atoms with van der Waals surface area (Å²) in [5.41, 5.74) is 6.57. The third-order valence-electron chi connectivity index (χ3n) is 14.1. The highest BCUT2D eigenvalue weighted by atomic mass is 16.5. The third-order valence-corrected chi connectivity index (χ3v) is 14.1. The SMILES string of the molecule is COC(=O)NC(C(=O)N1C(C)CCC1c1ncc(-c2ccc3c(c2)COc2cc4c(ccc5[nH]c(C6CCC(C)N6C(=O)C(NC(=O)OC)C6CC(C)OC(C)C6)nc54)cc2-3)[nH]1)C(C)C. The summed E-state index contributed by atoms with van der Waals surface area (Å²) in [7, 11) is 2.61. The molecule has 2 aromatic heterocycles. The molecule has 8 unspecified atom stereocenters. The lowest BCUT2D eigenvalue weighted by Crippen LogP contribution is -2.55. The number of carbonyl (C=O) groups excluding carboxylic acids is 4. The summed E-state index contributed by atoms with van der Waals surface area (Å²) in [6, 6.07) is 12.6. The van der Waals surface area contributed by atoms with Gasteiger partial charge in [0.2, 0.25) is 11.8 Å². The Morgan fingerprint density at radius 2 is 1.46 bits per heavy atom. The van der Waals surface area contributed by atoms with Crippen LogP contribution in [0.5, 0.6) is 5.75 Å². The van der Waals surface area contributed by atoms with Crippen LogP contribution in [-0.4, -0.2) is 104 Å². The van der Waals surface area contributed by atoms with Crippen molar-refractivity contribution in [1.82, 2.24) is 40.4 Å². The van der Waals surface area contributed by atoms with E-state index >= 15 is 0 Å². The molecule has 3 aromatic carbocycles. The van der Waals surface area contributed by atoms with E-state index in [4.69, 9.17) is 28.9 Å². The summed E-state index contributed by atoms with van der Waals surface area (Å²) in [6.07, 6.45) is 4.91. The van der Waals surface area contributed by atoms with E-state index in [2.05, 4.69) is 63.9 Å². The number of ether oxygens (including phenoxy) is 4. The Labute approximate surface area is 378 Å². The van der Waals surface area contributed by atoms with Crippen molar-refractivity contribution in [2.45, 2.75) is 135 Å². The number of hydrogen-bond acceptors (Lipinski definition) is 10. The van der Waals surface area contributed by atoms with Gasteiger partial charge in [-0.3, -0.25) is 9.59 Å². The third kappa shape index (κ3) is 8.25. The topological polar surface area (TPSA) is 193 Å². The number of aromatic nitrogens is 4. The molecule has 0 saturated carbocycles. The van der Waals surface area contributed by atoms with Crippen molar-refractivity contribution >= 4 is 45.8 Å². The minimum absolute atomic E-state index is 0.0195. The number of nitrogens with zero attached hydrogens (tertiary/aromatic N) is 4. The molecule has 4 aliphatic rings. The fourth-order valence-corrected chi connectivity index (χ4v) is 10.8. The number of alkyl carbamates (subject to hydrolysis) is 2. The average molecular weight is 889 g/mol. The summed E-state index contributed by atoms with van der Waals surface area (Å²) in [5.74, 6) is 1.67. The number of H-pyrrole nitrogens is 2. The van der Waals surface area contributed by atoms with Gasteiger partial charge in [-0.05, 0) is 124 Å². The zero-order valence-electron chi connectivity index (χ0n) is 38.4. The number of likely N-dealkylation sites (tertiary alicyclic amines) is 2. The summed E-state index contributed by atoms with van der Waals surface area (Å²) >= 11 is 0. The molecule has 6 heterocycles. The van der Waals surface area contributed by atoms with E-state index in [0.29, 0.717) is 31.1 Å². The van der Waals surface area contributed by atoms with Crippen LogP contribution in [0.2, 0.25) is 0 Å². The number of benzene rings is 3. The number of carbonyl (C=O) groups is 4. The minimum Gasteiger partial charge on any atom is -0.488 e. The standard InChI is InChI=1S/C49H60N8O8/c1-24(2)41(54-48(60)62-7)46(58)56-25(3)9-15-38(56)44-50-22-37(52-44)30-11-13-33-32(19-30)23-64-40-21-34-29(20-35(33)40)12-14-36-43(34)53-45(51-36)39-16-10-26(4)57(39)47(59)42(55-49(61)63-8)31-17-27(5)65-28(6)18-31/h11-14,19-22,24-28,31,38-39,41-42H,9-10,15-18,23H2,1-8H3,(H,50,52)(H,51,53)(H,54,60)(H,55,61). The molecule has 0 aliphatic carbocycles. The van der Waals surface area contributed by atoms with Crippen LogP contribution in [0.1, 0.15) is 109 Å². The summed E-state index contributed by atoms with van der Waals surface area (Å²) in [5, 5.41) is 7.58. The van der Waals surface area contributed by atoms with Gasteiger partial charge in [0.1, 0.15) is 36.1 Å². The van der Waals surface area contributed by atoms with Gasteiger partial charge in [0.15, 0.2) is 0 Å². The Hall–Kier alpha value is -6.16. The van der Waals surface area contributed by atoms with Crippen LogP contribution in [0.3, 0.4) is 0 Å². The fourth-order valence-electron chi connectivity index (χ4n) is 10.8. The number of methoxy groups -OCH3 is 2. The van der Waals surface area contributed by atoms with E-state index in [1.165, 1.54) is 14.2 Å². The largest absolute Gasteiger partial charge is 0.488 e. The van der Waals surface area contributed by atoms with Gasteiger partial charge in [-0.25, -0.2) is 19.6 Å². The van der Waals surface area contributed by atoms with Gasteiger partial charge >= 0.3 is 12.2 Å². The maximum absolute atomic E-state index is 14.6. The van der Waals surface area contributed by atoms with Crippen LogP contribution in [-0.2, 0) is 30.4 Å². The van der Waals surface area contributed by atoms with Gasteiger partial charge in [-0.1, -0.05) is 32.0 Å². The van der Waals surface area contributed by atoms with Crippen LogP contribution in [0, 0.1) is 11.8 Å². The Bertz CT molecular complexity index is 2630. The van der Waals surface area contributed by atoms with Gasteiger partial charge in [0, 0.05) is 23.0 Å². The Morgan fingerprint density at radius 1 is 0.785 bits per heavy atom. The maximum Gasteiger partial charge on any atom is 0.407 e. The molecule has 4 aliphatic heterocycles. The number of imidazole rings is 2. The second-order valence-electron chi connectivity index (χ2n) is 18.8. The minimum atomic E-state index is -0.755. The molecule has 9 rings (SSSR count). The lowest BCUT2D eigenvalue weighted by molar-refractivity contribution is -0.140. The second kappa shape index (κ2) is 17.7. The van der Waals surface area contributed by atoms with Crippen molar-refractivity contribution < 1.29 is 38.1 Å². The van der Waals surface area contributed by atoms with E-state index in [0.717, 1.165) is 81.2 Å². The first-order chi connectivity index (χ1) is 31.2. The molecule has 3 saturated heterocycles. The second-order valence-corrected chi connectivity index (χ2v) is 18.8. The maximum atomic E-state index is 14.6. The monoisotopic (exact) mass is 888 g/mol. The molecule has 0 spiro atoms. The van der Waals surface area contributed by atoms with E-state index in [1.807, 2.05) is 56.7 Å².